The summed E-state index contributed by atoms with van der Waals surface area (Å²) in [6, 6.07) is 14.0. The molecular formula is C22H22N4O3. The van der Waals surface area contributed by atoms with E-state index in [0.717, 1.165) is 11.3 Å². The van der Waals surface area contributed by atoms with Crippen LogP contribution in [0, 0.1) is 20.8 Å². The number of hydrogen-bond donors (Lipinski definition) is 2. The fourth-order valence-electron chi connectivity index (χ4n) is 2.72. The van der Waals surface area contributed by atoms with Crippen molar-refractivity contribution in [3.63, 3.8) is 0 Å². The first kappa shape index (κ1) is 20.0. The van der Waals surface area contributed by atoms with E-state index in [1.165, 1.54) is 12.7 Å². The minimum Gasteiger partial charge on any atom is -0.465 e. The number of nitrogens with zero attached hydrogens (tertiary/aromatic N) is 2. The number of carbonyl (C=O) groups excluding carboxylic acids is 2. The van der Waals surface area contributed by atoms with Crippen molar-refractivity contribution >= 4 is 29.1 Å². The van der Waals surface area contributed by atoms with Gasteiger partial charge in [0.1, 0.15) is 17.3 Å². The zero-order chi connectivity index (χ0) is 21.0. The predicted molar refractivity (Wildman–Crippen MR) is 112 cm³/mol. The number of nitrogens with one attached hydrogen (secondary N) is 2. The molecule has 148 valence electrons. The third-order valence-corrected chi connectivity index (χ3v) is 4.41. The van der Waals surface area contributed by atoms with Gasteiger partial charge in [-0.15, -0.1) is 0 Å². The lowest BCUT2D eigenvalue weighted by Crippen LogP contribution is -2.15. The van der Waals surface area contributed by atoms with Gasteiger partial charge in [-0.1, -0.05) is 6.07 Å². The molecule has 7 nitrogen and oxygen atoms in total. The number of esters is 1. The molecule has 0 fully saturated rings. The van der Waals surface area contributed by atoms with E-state index in [9.17, 15) is 9.59 Å². The van der Waals surface area contributed by atoms with Crippen LogP contribution >= 0.6 is 0 Å². The Bertz CT molecular complexity index is 1060. The number of aryl methyl sites for hydroxylation is 3. The number of anilines is 3. The number of hydrogen-bond acceptors (Lipinski definition) is 6. The minimum atomic E-state index is -0.434. The van der Waals surface area contributed by atoms with E-state index in [1.807, 2.05) is 32.0 Å². The summed E-state index contributed by atoms with van der Waals surface area (Å²) in [6.45, 7) is 5.82. The Labute approximate surface area is 169 Å². The van der Waals surface area contributed by atoms with Crippen LogP contribution in [0.5, 0.6) is 0 Å². The number of ether oxygens (including phenoxy) is 1. The molecule has 1 aromatic heterocycles. The highest BCUT2D eigenvalue weighted by molar-refractivity contribution is 6.03. The normalized spacial score (nSPS) is 10.3. The molecule has 0 bridgehead atoms. The Hall–Kier alpha value is -3.74. The molecule has 1 amide bonds. The standard InChI is InChI=1S/C22H22N4O3/c1-13-5-8-18(11-14(13)2)25-20-12-19(23-15(3)24-20)21(27)26-17-9-6-16(7-10-17)22(28)29-4/h5-12H,1-4H3,(H,26,27)(H,23,24,25). The SMILES string of the molecule is COC(=O)c1ccc(NC(=O)c2cc(Nc3ccc(C)c(C)c3)nc(C)n2)cc1. The average Bonchev–Trinajstić information content (AvgIpc) is 2.70. The Kier molecular flexibility index (Phi) is 5.87. The number of methoxy groups -OCH3 is 1. The first-order valence-corrected chi connectivity index (χ1v) is 9.05. The minimum absolute atomic E-state index is 0.237. The molecule has 0 spiro atoms. The molecule has 1 heterocycles. The summed E-state index contributed by atoms with van der Waals surface area (Å²) >= 11 is 0. The van der Waals surface area contributed by atoms with Crippen molar-refractivity contribution in [2.24, 2.45) is 0 Å². The number of amides is 1. The zero-order valence-electron chi connectivity index (χ0n) is 16.7. The summed E-state index contributed by atoms with van der Waals surface area (Å²) in [6.07, 6.45) is 0. The second kappa shape index (κ2) is 8.52. The van der Waals surface area contributed by atoms with Crippen LogP contribution in [0.25, 0.3) is 0 Å². The van der Waals surface area contributed by atoms with Crippen molar-refractivity contribution in [2.75, 3.05) is 17.7 Å². The van der Waals surface area contributed by atoms with Crippen LogP contribution < -0.4 is 10.6 Å². The summed E-state index contributed by atoms with van der Waals surface area (Å²) in [5.41, 5.74) is 4.43. The molecule has 0 unspecified atom stereocenters. The summed E-state index contributed by atoms with van der Waals surface area (Å²) in [5.74, 6) is 0.206. The van der Waals surface area contributed by atoms with Crippen molar-refractivity contribution in [3.05, 3.63) is 76.7 Å². The smallest absolute Gasteiger partial charge is 0.337 e. The van der Waals surface area contributed by atoms with Crippen molar-refractivity contribution in [1.29, 1.82) is 0 Å². The maximum Gasteiger partial charge on any atom is 0.337 e. The molecule has 0 aliphatic carbocycles. The molecule has 0 saturated heterocycles. The van der Waals surface area contributed by atoms with E-state index in [1.54, 1.807) is 37.3 Å². The van der Waals surface area contributed by atoms with Gasteiger partial charge < -0.3 is 15.4 Å². The van der Waals surface area contributed by atoms with E-state index >= 15 is 0 Å². The van der Waals surface area contributed by atoms with E-state index in [-0.39, 0.29) is 11.6 Å². The third-order valence-electron chi connectivity index (χ3n) is 4.41. The molecule has 0 radical (unpaired) electrons. The average molecular weight is 390 g/mol. The van der Waals surface area contributed by atoms with Crippen LogP contribution in [0.4, 0.5) is 17.2 Å². The zero-order valence-corrected chi connectivity index (χ0v) is 16.7. The number of aromatic nitrogens is 2. The Morgan fingerprint density at radius 3 is 2.21 bits per heavy atom. The molecule has 0 atom stereocenters. The van der Waals surface area contributed by atoms with Gasteiger partial charge in [0.25, 0.3) is 5.91 Å². The second-order valence-electron chi connectivity index (χ2n) is 6.63. The van der Waals surface area contributed by atoms with Crippen molar-refractivity contribution in [3.8, 4) is 0 Å². The second-order valence-corrected chi connectivity index (χ2v) is 6.63. The topological polar surface area (TPSA) is 93.2 Å². The van der Waals surface area contributed by atoms with Crippen molar-refractivity contribution in [1.82, 2.24) is 9.97 Å². The lowest BCUT2D eigenvalue weighted by atomic mass is 10.1. The van der Waals surface area contributed by atoms with Gasteiger partial charge >= 0.3 is 5.97 Å². The first-order valence-electron chi connectivity index (χ1n) is 9.05. The summed E-state index contributed by atoms with van der Waals surface area (Å²) in [7, 11) is 1.32. The molecule has 0 aliphatic rings. The molecule has 7 heteroatoms. The number of carbonyl (C=O) groups is 2. The van der Waals surface area contributed by atoms with Gasteiger partial charge in [-0.3, -0.25) is 4.79 Å². The van der Waals surface area contributed by atoms with Crippen LogP contribution in [-0.2, 0) is 4.74 Å². The highest BCUT2D eigenvalue weighted by Gasteiger charge is 2.12. The van der Waals surface area contributed by atoms with E-state index in [2.05, 4.69) is 25.3 Å². The molecular weight excluding hydrogens is 368 g/mol. The Balaban J connectivity index is 1.77. The Morgan fingerprint density at radius 2 is 1.55 bits per heavy atom. The maximum atomic E-state index is 12.6. The first-order chi connectivity index (χ1) is 13.9. The number of benzene rings is 2. The Morgan fingerprint density at radius 1 is 0.862 bits per heavy atom. The van der Waals surface area contributed by atoms with Crippen LogP contribution in [-0.4, -0.2) is 29.0 Å². The maximum absolute atomic E-state index is 12.6. The van der Waals surface area contributed by atoms with Crippen LogP contribution in [0.15, 0.2) is 48.5 Å². The van der Waals surface area contributed by atoms with Crippen LogP contribution in [0.3, 0.4) is 0 Å². The van der Waals surface area contributed by atoms with Gasteiger partial charge in [-0.2, -0.15) is 0 Å². The highest BCUT2D eigenvalue weighted by Crippen LogP contribution is 2.19. The van der Waals surface area contributed by atoms with Gasteiger partial charge in [-0.05, 0) is 68.3 Å². The molecule has 0 aliphatic heterocycles. The molecule has 2 aromatic carbocycles. The molecule has 0 saturated carbocycles. The summed E-state index contributed by atoms with van der Waals surface area (Å²) < 4.78 is 4.67. The molecule has 2 N–H and O–H groups in total. The van der Waals surface area contributed by atoms with Crippen LogP contribution in [0.2, 0.25) is 0 Å². The number of rotatable bonds is 5. The molecule has 3 rings (SSSR count). The predicted octanol–water partition coefficient (Wildman–Crippen LogP) is 4.18. The van der Waals surface area contributed by atoms with Gasteiger partial charge in [0.05, 0.1) is 12.7 Å². The van der Waals surface area contributed by atoms with Crippen molar-refractivity contribution in [2.45, 2.75) is 20.8 Å². The van der Waals surface area contributed by atoms with Crippen LogP contribution in [0.1, 0.15) is 37.8 Å². The van der Waals surface area contributed by atoms with Gasteiger partial charge in [0.15, 0.2) is 0 Å². The summed E-state index contributed by atoms with van der Waals surface area (Å²) in [4.78, 5) is 32.7. The van der Waals surface area contributed by atoms with Gasteiger partial charge in [0.2, 0.25) is 0 Å². The van der Waals surface area contributed by atoms with E-state index in [0.29, 0.717) is 22.9 Å². The van der Waals surface area contributed by atoms with E-state index < -0.39 is 5.97 Å². The van der Waals surface area contributed by atoms with Crippen molar-refractivity contribution < 1.29 is 14.3 Å². The fraction of sp³-hybridized carbons (Fsp3) is 0.182. The monoisotopic (exact) mass is 390 g/mol. The van der Waals surface area contributed by atoms with Gasteiger partial charge in [-0.25, -0.2) is 14.8 Å². The van der Waals surface area contributed by atoms with E-state index in [4.69, 9.17) is 0 Å². The molecule has 3 aromatic rings. The summed E-state index contributed by atoms with van der Waals surface area (Å²) in [5, 5.41) is 5.98. The third kappa shape index (κ3) is 4.95. The lowest BCUT2D eigenvalue weighted by molar-refractivity contribution is 0.0600. The highest BCUT2D eigenvalue weighted by atomic mass is 16.5. The fourth-order valence-corrected chi connectivity index (χ4v) is 2.72. The molecule has 29 heavy (non-hydrogen) atoms. The largest absolute Gasteiger partial charge is 0.465 e. The quantitative estimate of drug-likeness (QED) is 0.635. The lowest BCUT2D eigenvalue weighted by Gasteiger charge is -2.11. The van der Waals surface area contributed by atoms with Gasteiger partial charge in [0, 0.05) is 17.4 Å².